The van der Waals surface area contributed by atoms with E-state index in [1.165, 1.54) is 109 Å². The summed E-state index contributed by atoms with van der Waals surface area (Å²) in [5.41, 5.74) is 0. The molecule has 0 heterocycles. The average molecular weight is 482 g/mol. The van der Waals surface area contributed by atoms with Crippen molar-refractivity contribution in [1.82, 2.24) is 5.32 Å². The number of carbonyl (C=O) groups is 1. The second-order valence-corrected chi connectivity index (χ2v) is 10.2. The van der Waals surface area contributed by atoms with Gasteiger partial charge in [-0.05, 0) is 19.3 Å². The standard InChI is InChI=1S/C30H59NO3/c1-3-5-7-9-11-13-14-15-16-18-19-21-23-25-29(33)28(27-32)31-30(34)26-24-22-20-17-12-10-8-6-4-2/h23,25,28-29,32-33H,3-22,24,26-27H2,1-2H3,(H,31,34)/b25-23+/t28-,29+/m1/s1. The lowest BCUT2D eigenvalue weighted by Gasteiger charge is -2.20. The van der Waals surface area contributed by atoms with Crippen LogP contribution in [-0.2, 0) is 4.79 Å². The van der Waals surface area contributed by atoms with Gasteiger partial charge in [0.25, 0.3) is 0 Å². The summed E-state index contributed by atoms with van der Waals surface area (Å²) in [4.78, 5) is 12.2. The Morgan fingerprint density at radius 2 is 1.09 bits per heavy atom. The Morgan fingerprint density at radius 3 is 1.53 bits per heavy atom. The van der Waals surface area contributed by atoms with Gasteiger partial charge in [-0.15, -0.1) is 0 Å². The van der Waals surface area contributed by atoms with Gasteiger partial charge in [-0.3, -0.25) is 4.79 Å². The molecule has 0 aliphatic rings. The number of unbranched alkanes of at least 4 members (excludes halogenated alkanes) is 19. The SMILES string of the molecule is CCCCCCCCCCCCC/C=C/[C@H](O)[C@@H](CO)NC(=O)CCCCCCCCCCC. The van der Waals surface area contributed by atoms with E-state index in [0.29, 0.717) is 6.42 Å². The fourth-order valence-electron chi connectivity index (χ4n) is 4.41. The molecular weight excluding hydrogens is 422 g/mol. The second-order valence-electron chi connectivity index (χ2n) is 10.2. The number of aliphatic hydroxyl groups excluding tert-OH is 2. The van der Waals surface area contributed by atoms with Crippen molar-refractivity contribution in [2.45, 2.75) is 167 Å². The lowest BCUT2D eigenvalue weighted by atomic mass is 10.0. The summed E-state index contributed by atoms with van der Waals surface area (Å²) in [6.07, 6.45) is 29.9. The molecule has 0 rings (SSSR count). The molecule has 0 radical (unpaired) electrons. The molecule has 0 fully saturated rings. The predicted molar refractivity (Wildman–Crippen MR) is 147 cm³/mol. The van der Waals surface area contributed by atoms with Crippen molar-refractivity contribution in [3.8, 4) is 0 Å². The van der Waals surface area contributed by atoms with Gasteiger partial charge in [0.2, 0.25) is 5.91 Å². The molecule has 0 aromatic heterocycles. The van der Waals surface area contributed by atoms with Crippen LogP contribution in [0.5, 0.6) is 0 Å². The largest absolute Gasteiger partial charge is 0.394 e. The molecule has 34 heavy (non-hydrogen) atoms. The maximum atomic E-state index is 12.2. The van der Waals surface area contributed by atoms with Gasteiger partial charge >= 0.3 is 0 Å². The number of hydrogen-bond acceptors (Lipinski definition) is 3. The van der Waals surface area contributed by atoms with Crippen LogP contribution in [0.3, 0.4) is 0 Å². The predicted octanol–water partition coefficient (Wildman–Crippen LogP) is 8.00. The van der Waals surface area contributed by atoms with Gasteiger partial charge < -0.3 is 15.5 Å². The molecule has 202 valence electrons. The Kier molecular flexibility index (Phi) is 26.0. The van der Waals surface area contributed by atoms with Crippen LogP contribution in [0.2, 0.25) is 0 Å². The van der Waals surface area contributed by atoms with E-state index in [1.54, 1.807) is 6.08 Å². The van der Waals surface area contributed by atoms with Crippen molar-refractivity contribution in [3.05, 3.63) is 12.2 Å². The van der Waals surface area contributed by atoms with Gasteiger partial charge in [0.1, 0.15) is 0 Å². The van der Waals surface area contributed by atoms with Crippen LogP contribution < -0.4 is 5.32 Å². The summed E-state index contributed by atoms with van der Waals surface area (Å²) in [7, 11) is 0. The summed E-state index contributed by atoms with van der Waals surface area (Å²) < 4.78 is 0. The van der Waals surface area contributed by atoms with Crippen LogP contribution >= 0.6 is 0 Å². The number of amides is 1. The van der Waals surface area contributed by atoms with E-state index in [2.05, 4.69) is 19.2 Å². The Balaban J connectivity index is 3.68. The lowest BCUT2D eigenvalue weighted by Crippen LogP contribution is -2.45. The zero-order valence-electron chi connectivity index (χ0n) is 22.9. The van der Waals surface area contributed by atoms with Crippen LogP contribution in [0.1, 0.15) is 155 Å². The van der Waals surface area contributed by atoms with Crippen molar-refractivity contribution >= 4 is 5.91 Å². The fraction of sp³-hybridized carbons (Fsp3) is 0.900. The van der Waals surface area contributed by atoms with Crippen LogP contribution in [0.25, 0.3) is 0 Å². The first-order valence-electron chi connectivity index (χ1n) is 14.9. The topological polar surface area (TPSA) is 69.6 Å². The van der Waals surface area contributed by atoms with Crippen LogP contribution in [0.4, 0.5) is 0 Å². The quantitative estimate of drug-likeness (QED) is 0.0865. The normalized spacial score (nSPS) is 13.4. The average Bonchev–Trinajstić information content (AvgIpc) is 2.84. The molecule has 4 nitrogen and oxygen atoms in total. The molecule has 0 aliphatic heterocycles. The number of rotatable bonds is 26. The maximum Gasteiger partial charge on any atom is 0.220 e. The highest BCUT2D eigenvalue weighted by molar-refractivity contribution is 5.76. The van der Waals surface area contributed by atoms with Gasteiger partial charge in [-0.25, -0.2) is 0 Å². The third kappa shape index (κ3) is 22.9. The van der Waals surface area contributed by atoms with Crippen molar-refractivity contribution in [1.29, 1.82) is 0 Å². The number of allylic oxidation sites excluding steroid dienone is 1. The molecule has 0 bridgehead atoms. The molecule has 0 saturated carbocycles. The third-order valence-electron chi connectivity index (χ3n) is 6.77. The number of nitrogens with one attached hydrogen (secondary N) is 1. The zero-order chi connectivity index (χ0) is 25.1. The van der Waals surface area contributed by atoms with Gasteiger partial charge in [0.05, 0.1) is 18.8 Å². The Morgan fingerprint density at radius 1 is 0.676 bits per heavy atom. The highest BCUT2D eigenvalue weighted by Gasteiger charge is 2.17. The summed E-state index contributed by atoms with van der Waals surface area (Å²) in [5, 5.41) is 22.7. The van der Waals surface area contributed by atoms with Crippen molar-refractivity contribution in [2.24, 2.45) is 0 Å². The summed E-state index contributed by atoms with van der Waals surface area (Å²) in [6, 6.07) is -0.611. The Hall–Kier alpha value is -0.870. The summed E-state index contributed by atoms with van der Waals surface area (Å²) in [5.74, 6) is -0.0696. The third-order valence-corrected chi connectivity index (χ3v) is 6.77. The highest BCUT2D eigenvalue weighted by Crippen LogP contribution is 2.13. The number of aliphatic hydroxyl groups is 2. The lowest BCUT2D eigenvalue weighted by molar-refractivity contribution is -0.123. The monoisotopic (exact) mass is 481 g/mol. The van der Waals surface area contributed by atoms with E-state index in [-0.39, 0.29) is 12.5 Å². The van der Waals surface area contributed by atoms with Crippen LogP contribution in [-0.4, -0.2) is 34.9 Å². The molecule has 0 unspecified atom stereocenters. The van der Waals surface area contributed by atoms with E-state index in [4.69, 9.17) is 0 Å². The summed E-state index contributed by atoms with van der Waals surface area (Å²) >= 11 is 0. The molecule has 0 aromatic rings. The van der Waals surface area contributed by atoms with Gasteiger partial charge in [0.15, 0.2) is 0 Å². The molecular formula is C30H59NO3. The summed E-state index contributed by atoms with van der Waals surface area (Å²) in [6.45, 7) is 4.26. The molecule has 0 saturated heterocycles. The highest BCUT2D eigenvalue weighted by atomic mass is 16.3. The first kappa shape index (κ1) is 33.1. The molecule has 0 spiro atoms. The minimum Gasteiger partial charge on any atom is -0.394 e. The van der Waals surface area contributed by atoms with E-state index in [9.17, 15) is 15.0 Å². The molecule has 1 amide bonds. The van der Waals surface area contributed by atoms with E-state index in [1.807, 2.05) is 6.08 Å². The molecule has 2 atom stereocenters. The van der Waals surface area contributed by atoms with E-state index in [0.717, 1.165) is 25.7 Å². The molecule has 0 aromatic carbocycles. The second kappa shape index (κ2) is 26.7. The molecule has 0 aliphatic carbocycles. The van der Waals surface area contributed by atoms with Gasteiger partial charge in [-0.1, -0.05) is 142 Å². The first-order chi connectivity index (χ1) is 16.7. The number of hydrogen-bond donors (Lipinski definition) is 3. The van der Waals surface area contributed by atoms with E-state index < -0.39 is 12.1 Å². The number of carbonyl (C=O) groups excluding carboxylic acids is 1. The van der Waals surface area contributed by atoms with Crippen molar-refractivity contribution in [2.75, 3.05) is 6.61 Å². The smallest absolute Gasteiger partial charge is 0.220 e. The fourth-order valence-corrected chi connectivity index (χ4v) is 4.41. The Labute approximate surface area is 212 Å². The van der Waals surface area contributed by atoms with Crippen molar-refractivity contribution < 1.29 is 15.0 Å². The van der Waals surface area contributed by atoms with Gasteiger partial charge in [-0.2, -0.15) is 0 Å². The zero-order valence-corrected chi connectivity index (χ0v) is 22.9. The van der Waals surface area contributed by atoms with Crippen LogP contribution in [0.15, 0.2) is 12.2 Å². The first-order valence-corrected chi connectivity index (χ1v) is 14.9. The molecule has 4 heteroatoms. The minimum atomic E-state index is -0.829. The van der Waals surface area contributed by atoms with Crippen LogP contribution in [0, 0.1) is 0 Å². The maximum absolute atomic E-state index is 12.2. The van der Waals surface area contributed by atoms with E-state index >= 15 is 0 Å². The molecule has 3 N–H and O–H groups in total. The van der Waals surface area contributed by atoms with Gasteiger partial charge in [0, 0.05) is 6.42 Å². The van der Waals surface area contributed by atoms with Crippen molar-refractivity contribution in [3.63, 3.8) is 0 Å². The minimum absolute atomic E-state index is 0.0696. The Bertz CT molecular complexity index is 452.